The monoisotopic (exact) mass is 414 g/mol. The van der Waals surface area contributed by atoms with E-state index in [2.05, 4.69) is 30.1 Å². The summed E-state index contributed by atoms with van der Waals surface area (Å²) >= 11 is 5.92. The van der Waals surface area contributed by atoms with E-state index in [0.717, 1.165) is 35.7 Å². The Bertz CT molecular complexity index is 881. The number of carbonyl (C=O) groups excluding carboxylic acids is 2. The normalized spacial score (nSPS) is 13.7. The first-order valence-electron chi connectivity index (χ1n) is 9.90. The van der Waals surface area contributed by atoms with Crippen molar-refractivity contribution in [2.45, 2.75) is 20.8 Å². The zero-order valence-electron chi connectivity index (χ0n) is 17.1. The van der Waals surface area contributed by atoms with E-state index in [4.69, 9.17) is 11.6 Å². The minimum atomic E-state index is -0.199. The number of anilines is 3. The number of benzene rings is 2. The molecule has 6 nitrogen and oxygen atoms in total. The second-order valence-corrected chi connectivity index (χ2v) is 7.49. The third-order valence-electron chi connectivity index (χ3n) is 5.18. The summed E-state index contributed by atoms with van der Waals surface area (Å²) in [5.41, 5.74) is 3.69. The molecule has 1 aliphatic rings. The number of rotatable bonds is 7. The standard InChI is InChI=1S/C22H27ClN4O2/c1-4-25(5-2)19-10-11-20(16(3)14-19)24-21(28)15-26-12-13-27(22(26)29)18-8-6-17(23)7-9-18/h6-11,14H,4-5,12-13,15H2,1-3H3,(H,24,28). The molecule has 3 rings (SSSR count). The number of aryl methyl sites for hydroxylation is 1. The van der Waals surface area contributed by atoms with E-state index in [1.165, 1.54) is 0 Å². The Kier molecular flexibility index (Phi) is 6.64. The van der Waals surface area contributed by atoms with Crippen LogP contribution in [-0.4, -0.2) is 49.6 Å². The zero-order valence-corrected chi connectivity index (χ0v) is 17.9. The summed E-state index contributed by atoms with van der Waals surface area (Å²) in [7, 11) is 0. The van der Waals surface area contributed by atoms with Gasteiger partial charge in [-0.2, -0.15) is 0 Å². The highest BCUT2D eigenvalue weighted by atomic mass is 35.5. The largest absolute Gasteiger partial charge is 0.372 e. The predicted molar refractivity (Wildman–Crippen MR) is 119 cm³/mol. The number of hydrogen-bond donors (Lipinski definition) is 1. The molecule has 0 bridgehead atoms. The van der Waals surface area contributed by atoms with Crippen LogP contribution < -0.4 is 15.1 Å². The minimum absolute atomic E-state index is 0.0279. The smallest absolute Gasteiger partial charge is 0.325 e. The minimum Gasteiger partial charge on any atom is -0.372 e. The quantitative estimate of drug-likeness (QED) is 0.731. The molecule has 0 aromatic heterocycles. The van der Waals surface area contributed by atoms with Gasteiger partial charge in [-0.1, -0.05) is 11.6 Å². The number of carbonyl (C=O) groups is 2. The lowest BCUT2D eigenvalue weighted by Crippen LogP contribution is -2.37. The Morgan fingerprint density at radius 3 is 2.41 bits per heavy atom. The Morgan fingerprint density at radius 1 is 1.10 bits per heavy atom. The van der Waals surface area contributed by atoms with Gasteiger partial charge in [0.05, 0.1) is 0 Å². The molecule has 3 amide bonds. The molecule has 1 N–H and O–H groups in total. The summed E-state index contributed by atoms with van der Waals surface area (Å²) in [6, 6.07) is 13.0. The average Bonchev–Trinajstić information content (AvgIpc) is 3.06. The van der Waals surface area contributed by atoms with Gasteiger partial charge in [0.15, 0.2) is 0 Å². The molecular weight excluding hydrogens is 388 g/mol. The fourth-order valence-corrected chi connectivity index (χ4v) is 3.65. The first-order valence-corrected chi connectivity index (χ1v) is 10.3. The first-order chi connectivity index (χ1) is 13.9. The number of nitrogens with zero attached hydrogens (tertiary/aromatic N) is 3. The molecule has 154 valence electrons. The lowest BCUT2D eigenvalue weighted by Gasteiger charge is -2.22. The van der Waals surface area contributed by atoms with Crippen LogP contribution in [0.3, 0.4) is 0 Å². The van der Waals surface area contributed by atoms with Gasteiger partial charge in [0, 0.05) is 48.3 Å². The van der Waals surface area contributed by atoms with Crippen LogP contribution in [0.5, 0.6) is 0 Å². The second-order valence-electron chi connectivity index (χ2n) is 7.05. The molecule has 1 saturated heterocycles. The predicted octanol–water partition coefficient (Wildman–Crippen LogP) is 4.38. The van der Waals surface area contributed by atoms with E-state index in [9.17, 15) is 9.59 Å². The third kappa shape index (κ3) is 4.82. The second kappa shape index (κ2) is 9.18. The zero-order chi connectivity index (χ0) is 21.0. The molecule has 2 aromatic carbocycles. The van der Waals surface area contributed by atoms with Crippen molar-refractivity contribution in [3.05, 3.63) is 53.1 Å². The van der Waals surface area contributed by atoms with Crippen LogP contribution in [0.4, 0.5) is 21.9 Å². The number of urea groups is 1. The maximum Gasteiger partial charge on any atom is 0.325 e. The molecular formula is C22H27ClN4O2. The summed E-state index contributed by atoms with van der Waals surface area (Å²) in [6.07, 6.45) is 0. The highest BCUT2D eigenvalue weighted by molar-refractivity contribution is 6.30. The van der Waals surface area contributed by atoms with Crippen molar-refractivity contribution >= 4 is 40.6 Å². The van der Waals surface area contributed by atoms with E-state index in [0.29, 0.717) is 18.1 Å². The van der Waals surface area contributed by atoms with Crippen molar-refractivity contribution in [3.63, 3.8) is 0 Å². The highest BCUT2D eigenvalue weighted by Crippen LogP contribution is 2.24. The fourth-order valence-electron chi connectivity index (χ4n) is 3.53. The van der Waals surface area contributed by atoms with Crippen LogP contribution in [-0.2, 0) is 4.79 Å². The maximum absolute atomic E-state index is 12.7. The van der Waals surface area contributed by atoms with Crippen molar-refractivity contribution in [1.82, 2.24) is 4.90 Å². The molecule has 0 spiro atoms. The number of nitrogens with one attached hydrogen (secondary N) is 1. The summed E-state index contributed by atoms with van der Waals surface area (Å²) < 4.78 is 0. The highest BCUT2D eigenvalue weighted by Gasteiger charge is 2.30. The van der Waals surface area contributed by atoms with Crippen LogP contribution in [0.25, 0.3) is 0 Å². The van der Waals surface area contributed by atoms with Gasteiger partial charge in [-0.25, -0.2) is 4.79 Å². The van der Waals surface area contributed by atoms with Crippen molar-refractivity contribution in [2.24, 2.45) is 0 Å². The van der Waals surface area contributed by atoms with Crippen molar-refractivity contribution in [1.29, 1.82) is 0 Å². The maximum atomic E-state index is 12.7. The fraction of sp³-hybridized carbons (Fsp3) is 0.364. The van der Waals surface area contributed by atoms with Crippen LogP contribution in [0.1, 0.15) is 19.4 Å². The number of hydrogen-bond acceptors (Lipinski definition) is 3. The Balaban J connectivity index is 1.61. The Morgan fingerprint density at radius 2 is 1.79 bits per heavy atom. The molecule has 2 aromatic rings. The molecule has 0 unspecified atom stereocenters. The number of amides is 3. The van der Waals surface area contributed by atoms with Gasteiger partial charge in [-0.15, -0.1) is 0 Å². The lowest BCUT2D eigenvalue weighted by atomic mass is 10.1. The molecule has 29 heavy (non-hydrogen) atoms. The van der Waals surface area contributed by atoms with E-state index in [1.807, 2.05) is 31.2 Å². The summed E-state index contributed by atoms with van der Waals surface area (Å²) in [5, 5.41) is 3.56. The number of halogens is 1. The molecule has 0 atom stereocenters. The van der Waals surface area contributed by atoms with Gasteiger partial charge >= 0.3 is 6.03 Å². The molecule has 0 aliphatic carbocycles. The Labute approximate surface area is 177 Å². The van der Waals surface area contributed by atoms with Crippen molar-refractivity contribution in [2.75, 3.05) is 47.8 Å². The summed E-state index contributed by atoms with van der Waals surface area (Å²) in [4.78, 5) is 30.7. The van der Waals surface area contributed by atoms with Gasteiger partial charge < -0.3 is 15.1 Å². The van der Waals surface area contributed by atoms with Gasteiger partial charge in [-0.05, 0) is 68.8 Å². The van der Waals surface area contributed by atoms with E-state index >= 15 is 0 Å². The molecule has 7 heteroatoms. The van der Waals surface area contributed by atoms with E-state index in [1.54, 1.807) is 21.9 Å². The molecule has 1 heterocycles. The van der Waals surface area contributed by atoms with Crippen molar-refractivity contribution in [3.8, 4) is 0 Å². The van der Waals surface area contributed by atoms with Gasteiger partial charge in [0.25, 0.3) is 0 Å². The SMILES string of the molecule is CCN(CC)c1ccc(NC(=O)CN2CCN(c3ccc(Cl)cc3)C2=O)c(C)c1. The van der Waals surface area contributed by atoms with E-state index < -0.39 is 0 Å². The van der Waals surface area contributed by atoms with Gasteiger partial charge in [0.1, 0.15) is 6.54 Å². The molecule has 0 radical (unpaired) electrons. The molecule has 1 aliphatic heterocycles. The molecule has 1 fully saturated rings. The summed E-state index contributed by atoms with van der Waals surface area (Å²) in [6.45, 7) is 9.17. The lowest BCUT2D eigenvalue weighted by molar-refractivity contribution is -0.116. The average molecular weight is 415 g/mol. The summed E-state index contributed by atoms with van der Waals surface area (Å²) in [5.74, 6) is -0.199. The molecule has 0 saturated carbocycles. The van der Waals surface area contributed by atoms with Crippen LogP contribution in [0.15, 0.2) is 42.5 Å². The topological polar surface area (TPSA) is 55.9 Å². The van der Waals surface area contributed by atoms with Gasteiger partial charge in [-0.3, -0.25) is 9.69 Å². The van der Waals surface area contributed by atoms with Gasteiger partial charge in [0.2, 0.25) is 5.91 Å². The van der Waals surface area contributed by atoms with Crippen molar-refractivity contribution < 1.29 is 9.59 Å². The Hall–Kier alpha value is -2.73. The third-order valence-corrected chi connectivity index (χ3v) is 5.43. The van der Waals surface area contributed by atoms with Crippen LogP contribution in [0, 0.1) is 6.92 Å². The van der Waals surface area contributed by atoms with Crippen LogP contribution in [0.2, 0.25) is 5.02 Å². The first kappa shape index (κ1) is 21.0. The van der Waals surface area contributed by atoms with E-state index in [-0.39, 0.29) is 18.5 Å². The van der Waals surface area contributed by atoms with Crippen LogP contribution >= 0.6 is 11.6 Å².